The number of hydrogen-bond donors (Lipinski definition) is 0. The zero-order valence-corrected chi connectivity index (χ0v) is 19.7. The van der Waals surface area contributed by atoms with E-state index in [1.807, 2.05) is 24.3 Å². The molecule has 2 fully saturated rings. The Morgan fingerprint density at radius 2 is 1.60 bits per heavy atom. The van der Waals surface area contributed by atoms with Crippen molar-refractivity contribution in [3.05, 3.63) is 77.6 Å². The lowest BCUT2D eigenvalue weighted by molar-refractivity contribution is -0.132. The zero-order chi connectivity index (χ0) is 24.4. The Bertz CT molecular complexity index is 1190. The first-order valence-electron chi connectivity index (χ1n) is 12.0. The molecule has 2 aliphatic rings. The molecule has 35 heavy (non-hydrogen) atoms. The van der Waals surface area contributed by atoms with Gasteiger partial charge in [0.05, 0.1) is 5.69 Å². The Kier molecular flexibility index (Phi) is 6.44. The monoisotopic (exact) mass is 473 g/mol. The lowest BCUT2D eigenvalue weighted by atomic mass is 10.1. The lowest BCUT2D eigenvalue weighted by Gasteiger charge is -2.36. The first-order chi connectivity index (χ1) is 17.0. The summed E-state index contributed by atoms with van der Waals surface area (Å²) in [6.07, 6.45) is 1.79. The molecule has 0 atom stereocenters. The van der Waals surface area contributed by atoms with Gasteiger partial charge in [-0.1, -0.05) is 29.8 Å². The van der Waals surface area contributed by atoms with E-state index in [0.717, 1.165) is 29.9 Å². The van der Waals surface area contributed by atoms with Crippen LogP contribution in [-0.2, 0) is 4.79 Å². The number of amides is 2. The Hall–Kier alpha value is -3.81. The van der Waals surface area contributed by atoms with E-state index in [-0.39, 0.29) is 30.2 Å². The Morgan fingerprint density at radius 1 is 0.914 bits per heavy atom. The van der Waals surface area contributed by atoms with E-state index in [1.54, 1.807) is 9.80 Å². The highest BCUT2D eigenvalue weighted by molar-refractivity contribution is 5.97. The molecule has 3 aromatic rings. The molecule has 1 saturated carbocycles. The summed E-state index contributed by atoms with van der Waals surface area (Å²) in [4.78, 5) is 31.5. The summed E-state index contributed by atoms with van der Waals surface area (Å²) in [5.74, 6) is 0.123. The van der Waals surface area contributed by atoms with Crippen LogP contribution in [0.15, 0.2) is 60.7 Å². The second-order valence-electron chi connectivity index (χ2n) is 9.18. The van der Waals surface area contributed by atoms with Crippen molar-refractivity contribution in [1.82, 2.24) is 20.0 Å². The summed E-state index contributed by atoms with van der Waals surface area (Å²) in [7, 11) is 0. The van der Waals surface area contributed by atoms with Crippen LogP contribution in [0.5, 0.6) is 0 Å². The fourth-order valence-electron chi connectivity index (χ4n) is 4.31. The van der Waals surface area contributed by atoms with Crippen molar-refractivity contribution in [3.63, 3.8) is 0 Å². The van der Waals surface area contributed by atoms with Crippen LogP contribution in [0.25, 0.3) is 11.3 Å². The third kappa shape index (κ3) is 5.31. The molecule has 7 nitrogen and oxygen atoms in total. The topological polar surface area (TPSA) is 69.6 Å². The van der Waals surface area contributed by atoms with Crippen molar-refractivity contribution in [2.75, 3.05) is 37.6 Å². The normalized spacial score (nSPS) is 15.7. The van der Waals surface area contributed by atoms with E-state index >= 15 is 0 Å². The first kappa shape index (κ1) is 23.0. The van der Waals surface area contributed by atoms with Crippen molar-refractivity contribution in [1.29, 1.82) is 0 Å². The summed E-state index contributed by atoms with van der Waals surface area (Å²) in [5.41, 5.74) is 3.46. The average molecular weight is 474 g/mol. The van der Waals surface area contributed by atoms with E-state index in [9.17, 15) is 14.0 Å². The van der Waals surface area contributed by atoms with E-state index in [0.29, 0.717) is 31.7 Å². The maximum absolute atomic E-state index is 13.2. The van der Waals surface area contributed by atoms with Gasteiger partial charge in [-0.15, -0.1) is 10.2 Å². The molecule has 2 aromatic carbocycles. The van der Waals surface area contributed by atoms with Gasteiger partial charge < -0.3 is 14.7 Å². The predicted molar refractivity (Wildman–Crippen MR) is 131 cm³/mol. The molecular formula is C27H28FN5O2. The molecule has 1 saturated heterocycles. The van der Waals surface area contributed by atoms with Gasteiger partial charge in [-0.25, -0.2) is 4.39 Å². The molecule has 180 valence electrons. The largest absolute Gasteiger partial charge is 0.352 e. The number of aromatic nitrogens is 2. The van der Waals surface area contributed by atoms with Crippen molar-refractivity contribution < 1.29 is 14.0 Å². The van der Waals surface area contributed by atoms with Gasteiger partial charge in [-0.2, -0.15) is 0 Å². The zero-order valence-electron chi connectivity index (χ0n) is 19.7. The number of carbonyl (C=O) groups is 2. The fraction of sp³-hybridized carbons (Fsp3) is 0.333. The number of benzene rings is 2. The minimum Gasteiger partial charge on any atom is -0.352 e. The van der Waals surface area contributed by atoms with Gasteiger partial charge in [0.2, 0.25) is 5.91 Å². The minimum atomic E-state index is -0.386. The SMILES string of the molecule is Cc1ccc(-c2ccc(N3CCN(C(=O)CN(C(=O)c4ccc(F)cc4)C4CC4)CC3)nn2)cc1. The van der Waals surface area contributed by atoms with E-state index in [2.05, 4.69) is 34.2 Å². The van der Waals surface area contributed by atoms with Crippen LogP contribution in [-0.4, -0.2) is 70.6 Å². The van der Waals surface area contributed by atoms with Gasteiger partial charge in [0, 0.05) is 43.3 Å². The number of nitrogens with zero attached hydrogens (tertiary/aromatic N) is 5. The molecule has 1 aliphatic heterocycles. The number of piperazine rings is 1. The predicted octanol–water partition coefficient (Wildman–Crippen LogP) is 3.54. The second-order valence-corrected chi connectivity index (χ2v) is 9.18. The molecule has 0 radical (unpaired) electrons. The van der Waals surface area contributed by atoms with E-state index < -0.39 is 0 Å². The number of aryl methyl sites for hydroxylation is 1. The maximum Gasteiger partial charge on any atom is 0.254 e. The number of carbonyl (C=O) groups excluding carboxylic acids is 2. The van der Waals surface area contributed by atoms with Gasteiger partial charge in [0.1, 0.15) is 12.4 Å². The fourth-order valence-corrected chi connectivity index (χ4v) is 4.31. The summed E-state index contributed by atoms with van der Waals surface area (Å²) in [5, 5.41) is 8.79. The number of anilines is 1. The number of halogens is 1. The maximum atomic E-state index is 13.2. The number of hydrogen-bond acceptors (Lipinski definition) is 5. The lowest BCUT2D eigenvalue weighted by Crippen LogP contribution is -2.52. The molecule has 8 heteroatoms. The second kappa shape index (κ2) is 9.82. The van der Waals surface area contributed by atoms with Crippen molar-refractivity contribution in [3.8, 4) is 11.3 Å². The van der Waals surface area contributed by atoms with Gasteiger partial charge in [-0.3, -0.25) is 9.59 Å². The third-order valence-electron chi connectivity index (χ3n) is 6.60. The Labute approximate surface area is 204 Å². The Balaban J connectivity index is 1.17. The molecular weight excluding hydrogens is 445 g/mol. The molecule has 2 heterocycles. The molecule has 0 N–H and O–H groups in total. The van der Waals surface area contributed by atoms with E-state index in [4.69, 9.17) is 0 Å². The summed E-state index contributed by atoms with van der Waals surface area (Å²) < 4.78 is 13.2. The van der Waals surface area contributed by atoms with Crippen LogP contribution in [0.1, 0.15) is 28.8 Å². The van der Waals surface area contributed by atoms with Gasteiger partial charge in [0.25, 0.3) is 5.91 Å². The molecule has 2 amide bonds. The van der Waals surface area contributed by atoms with Gasteiger partial charge in [-0.05, 0) is 56.2 Å². The molecule has 5 rings (SSSR count). The summed E-state index contributed by atoms with van der Waals surface area (Å²) in [6, 6.07) is 17.7. The summed E-state index contributed by atoms with van der Waals surface area (Å²) in [6.45, 7) is 4.52. The van der Waals surface area contributed by atoms with Gasteiger partial charge >= 0.3 is 0 Å². The van der Waals surface area contributed by atoms with Crippen molar-refractivity contribution in [2.24, 2.45) is 0 Å². The van der Waals surface area contributed by atoms with E-state index in [1.165, 1.54) is 29.8 Å². The smallest absolute Gasteiger partial charge is 0.254 e. The summed E-state index contributed by atoms with van der Waals surface area (Å²) >= 11 is 0. The van der Waals surface area contributed by atoms with Crippen molar-refractivity contribution in [2.45, 2.75) is 25.8 Å². The molecule has 0 unspecified atom stereocenters. The molecule has 0 bridgehead atoms. The van der Waals surface area contributed by atoms with Crippen LogP contribution in [0, 0.1) is 12.7 Å². The third-order valence-corrected chi connectivity index (χ3v) is 6.60. The van der Waals surface area contributed by atoms with Crippen molar-refractivity contribution >= 4 is 17.6 Å². The molecule has 1 aliphatic carbocycles. The highest BCUT2D eigenvalue weighted by atomic mass is 19.1. The van der Waals surface area contributed by atoms with Crippen LogP contribution in [0.4, 0.5) is 10.2 Å². The molecule has 1 aromatic heterocycles. The highest BCUT2D eigenvalue weighted by Crippen LogP contribution is 2.28. The average Bonchev–Trinajstić information content (AvgIpc) is 3.73. The standard InChI is InChI=1S/C27H28FN5O2/c1-19-2-4-20(5-3-19)24-12-13-25(30-29-24)31-14-16-32(17-15-31)26(34)18-33(23-10-11-23)27(35)21-6-8-22(28)9-7-21/h2-9,12-13,23H,10-11,14-18H2,1H3. The van der Waals surface area contributed by atoms with Crippen LogP contribution < -0.4 is 4.90 Å². The number of rotatable bonds is 6. The first-order valence-corrected chi connectivity index (χ1v) is 12.0. The highest BCUT2D eigenvalue weighted by Gasteiger charge is 2.35. The quantitative estimate of drug-likeness (QED) is 0.548. The van der Waals surface area contributed by atoms with Crippen LogP contribution >= 0.6 is 0 Å². The van der Waals surface area contributed by atoms with Crippen LogP contribution in [0.3, 0.4) is 0 Å². The van der Waals surface area contributed by atoms with Gasteiger partial charge in [0.15, 0.2) is 5.82 Å². The van der Waals surface area contributed by atoms with Crippen LogP contribution in [0.2, 0.25) is 0 Å². The molecule has 0 spiro atoms. The Morgan fingerprint density at radius 3 is 2.20 bits per heavy atom. The minimum absolute atomic E-state index is 0.0475.